The first-order valence-electron chi connectivity index (χ1n) is 9.16. The van der Waals surface area contributed by atoms with Crippen molar-refractivity contribution in [2.75, 3.05) is 5.32 Å². The van der Waals surface area contributed by atoms with Gasteiger partial charge in [-0.25, -0.2) is 4.98 Å². The van der Waals surface area contributed by atoms with Gasteiger partial charge in [0.2, 0.25) is 0 Å². The van der Waals surface area contributed by atoms with Crippen LogP contribution >= 0.6 is 11.6 Å². The minimum Gasteiger partial charge on any atom is -0.545 e. The van der Waals surface area contributed by atoms with Crippen LogP contribution in [0.15, 0.2) is 66.9 Å². The molecule has 0 aliphatic carbocycles. The summed E-state index contributed by atoms with van der Waals surface area (Å²) in [5.41, 5.74) is 2.23. The number of halogens is 3. The fourth-order valence-electron chi connectivity index (χ4n) is 3.26. The lowest BCUT2D eigenvalue weighted by atomic mass is 10.2. The average Bonchev–Trinajstić information content (AvgIpc) is 3.09. The van der Waals surface area contributed by atoms with Crippen molar-refractivity contribution in [2.24, 2.45) is 0 Å². The molecule has 4 rings (SSSR count). The van der Waals surface area contributed by atoms with Crippen molar-refractivity contribution < 1.29 is 23.4 Å². The molecule has 31 heavy (non-hydrogen) atoms. The molecular weight excluding hydrogens is 428 g/mol. The molecule has 6 nitrogen and oxygen atoms in total. The fourth-order valence-corrected chi connectivity index (χ4v) is 3.41. The summed E-state index contributed by atoms with van der Waals surface area (Å²) in [5.74, 6) is -1.17. The number of carboxylic acids is 1. The van der Waals surface area contributed by atoms with Crippen LogP contribution in [0.5, 0.6) is 5.75 Å². The number of carboxylic acid groups (broad SMARTS) is 1. The maximum absolute atomic E-state index is 12.4. The highest BCUT2D eigenvalue weighted by Crippen LogP contribution is 2.26. The highest BCUT2D eigenvalue weighted by molar-refractivity contribution is 6.29. The summed E-state index contributed by atoms with van der Waals surface area (Å²) < 4.78 is 31.3. The van der Waals surface area contributed by atoms with E-state index in [-0.39, 0.29) is 22.3 Å². The molecule has 9 heteroatoms. The maximum atomic E-state index is 12.4. The van der Waals surface area contributed by atoms with E-state index in [1.54, 1.807) is 18.2 Å². The summed E-state index contributed by atoms with van der Waals surface area (Å²) in [6, 6.07) is 16.6. The zero-order chi connectivity index (χ0) is 22.0. The summed E-state index contributed by atoms with van der Waals surface area (Å²) in [6.07, 6.45) is 1.87. The molecule has 0 radical (unpaired) electrons. The molecule has 1 N–H and O–H groups in total. The molecule has 0 spiro atoms. The van der Waals surface area contributed by atoms with Gasteiger partial charge in [0.05, 0.1) is 5.97 Å². The summed E-state index contributed by atoms with van der Waals surface area (Å²) >= 11 is 5.88. The number of anilines is 2. The molecule has 0 saturated carbocycles. The topological polar surface area (TPSA) is 79.2 Å². The Morgan fingerprint density at radius 1 is 1.16 bits per heavy atom. The zero-order valence-electron chi connectivity index (χ0n) is 15.9. The molecule has 2 aromatic carbocycles. The van der Waals surface area contributed by atoms with Gasteiger partial charge >= 0.3 is 6.61 Å². The van der Waals surface area contributed by atoms with Crippen molar-refractivity contribution in [2.45, 2.75) is 13.2 Å². The van der Waals surface area contributed by atoms with Crippen LogP contribution in [0.4, 0.5) is 20.3 Å². The van der Waals surface area contributed by atoms with E-state index in [1.807, 2.05) is 35.0 Å². The van der Waals surface area contributed by atoms with E-state index in [0.717, 1.165) is 16.5 Å². The van der Waals surface area contributed by atoms with Crippen molar-refractivity contribution in [3.05, 3.63) is 83.1 Å². The van der Waals surface area contributed by atoms with Crippen LogP contribution in [0.3, 0.4) is 0 Å². The number of aromatic nitrogens is 2. The molecule has 0 saturated heterocycles. The second-order valence-corrected chi connectivity index (χ2v) is 7.07. The van der Waals surface area contributed by atoms with Crippen LogP contribution in [0.2, 0.25) is 5.15 Å². The normalized spacial score (nSPS) is 11.1. The number of hydrogen-bond donors (Lipinski definition) is 1. The highest BCUT2D eigenvalue weighted by atomic mass is 35.5. The van der Waals surface area contributed by atoms with Gasteiger partial charge in [0, 0.05) is 34.9 Å². The predicted molar refractivity (Wildman–Crippen MR) is 111 cm³/mol. The van der Waals surface area contributed by atoms with Crippen molar-refractivity contribution in [3.8, 4) is 5.75 Å². The summed E-state index contributed by atoms with van der Waals surface area (Å²) in [4.78, 5) is 15.3. The van der Waals surface area contributed by atoms with E-state index in [9.17, 15) is 18.7 Å². The van der Waals surface area contributed by atoms with Gasteiger partial charge in [-0.1, -0.05) is 23.7 Å². The third-order valence-electron chi connectivity index (χ3n) is 4.59. The average molecular weight is 443 g/mol. The number of fused-ring (bicyclic) bond motifs is 1. The number of hydrogen-bond acceptors (Lipinski definition) is 5. The predicted octanol–water partition coefficient (Wildman–Crippen LogP) is 4.45. The Kier molecular flexibility index (Phi) is 5.73. The van der Waals surface area contributed by atoms with Crippen LogP contribution in [0.1, 0.15) is 15.9 Å². The summed E-state index contributed by atoms with van der Waals surface area (Å²) in [7, 11) is 0. The Bertz CT molecular complexity index is 1260. The molecule has 2 aromatic heterocycles. The first-order valence-corrected chi connectivity index (χ1v) is 9.54. The van der Waals surface area contributed by atoms with Crippen LogP contribution in [0.25, 0.3) is 10.9 Å². The highest BCUT2D eigenvalue weighted by Gasteiger charge is 2.10. The minimum atomic E-state index is -2.88. The second-order valence-electron chi connectivity index (χ2n) is 6.69. The lowest BCUT2D eigenvalue weighted by molar-refractivity contribution is -0.254. The first kappa shape index (κ1) is 20.6. The molecular formula is C22H15ClF2N3O3-. The van der Waals surface area contributed by atoms with Gasteiger partial charge in [0.1, 0.15) is 16.7 Å². The quantitative estimate of drug-likeness (QED) is 0.428. The number of benzene rings is 2. The van der Waals surface area contributed by atoms with E-state index in [2.05, 4.69) is 15.0 Å². The van der Waals surface area contributed by atoms with Crippen LogP contribution < -0.4 is 15.2 Å². The van der Waals surface area contributed by atoms with E-state index in [4.69, 9.17) is 11.6 Å². The number of ether oxygens (including phenoxy) is 1. The number of nitrogens with zero attached hydrogens (tertiary/aromatic N) is 2. The number of carbonyl (C=O) groups excluding carboxylic acids is 1. The lowest BCUT2D eigenvalue weighted by Gasteiger charge is -2.13. The van der Waals surface area contributed by atoms with Gasteiger partial charge in [0.15, 0.2) is 0 Å². The molecule has 0 aliphatic rings. The van der Waals surface area contributed by atoms with E-state index >= 15 is 0 Å². The Balaban J connectivity index is 1.58. The standard InChI is InChI=1S/C22H16ClF2N3O3/c23-19-7-5-17(21(29)30)20(27-19)26-15-4-6-18-14(11-15)8-9-28(18)12-13-2-1-3-16(10-13)31-22(24)25/h1-11,22H,12H2,(H,26,27)(H,29,30)/p-1. The van der Waals surface area contributed by atoms with Crippen LogP contribution in [-0.2, 0) is 6.54 Å². The van der Waals surface area contributed by atoms with Crippen LogP contribution in [-0.4, -0.2) is 22.1 Å². The Morgan fingerprint density at radius 3 is 2.77 bits per heavy atom. The number of rotatable bonds is 7. The van der Waals surface area contributed by atoms with Crippen molar-refractivity contribution in [1.82, 2.24) is 9.55 Å². The Hall–Kier alpha value is -3.65. The van der Waals surface area contributed by atoms with Gasteiger partial charge < -0.3 is 24.5 Å². The fraction of sp³-hybridized carbons (Fsp3) is 0.0909. The Morgan fingerprint density at radius 2 is 2.00 bits per heavy atom. The van der Waals surface area contributed by atoms with Crippen molar-refractivity contribution in [3.63, 3.8) is 0 Å². The smallest absolute Gasteiger partial charge is 0.387 e. The van der Waals surface area contributed by atoms with E-state index < -0.39 is 12.6 Å². The van der Waals surface area contributed by atoms with Gasteiger partial charge in [-0.05, 0) is 54.1 Å². The largest absolute Gasteiger partial charge is 0.545 e. The maximum Gasteiger partial charge on any atom is 0.387 e. The molecule has 0 aliphatic heterocycles. The van der Waals surface area contributed by atoms with Crippen molar-refractivity contribution in [1.29, 1.82) is 0 Å². The van der Waals surface area contributed by atoms with Gasteiger partial charge in [-0.3, -0.25) is 0 Å². The summed E-state index contributed by atoms with van der Waals surface area (Å²) in [5, 5.41) is 15.3. The SMILES string of the molecule is O=C([O-])c1ccc(Cl)nc1Nc1ccc2c(ccn2Cc2cccc(OC(F)F)c2)c1. The molecule has 0 amide bonds. The van der Waals surface area contributed by atoms with E-state index in [0.29, 0.717) is 12.2 Å². The number of aromatic carboxylic acids is 1. The number of carbonyl (C=O) groups is 1. The molecule has 2 heterocycles. The van der Waals surface area contributed by atoms with Gasteiger partial charge in [0.25, 0.3) is 0 Å². The molecule has 0 unspecified atom stereocenters. The zero-order valence-corrected chi connectivity index (χ0v) is 16.6. The number of nitrogens with one attached hydrogen (secondary N) is 1. The van der Waals surface area contributed by atoms with Crippen LogP contribution in [0, 0.1) is 0 Å². The minimum absolute atomic E-state index is 0.0853. The number of alkyl halides is 2. The first-order chi connectivity index (χ1) is 14.9. The van der Waals surface area contributed by atoms with Crippen molar-refractivity contribution >= 4 is 40.0 Å². The lowest BCUT2D eigenvalue weighted by Crippen LogP contribution is -2.23. The Labute approximate surface area is 180 Å². The monoisotopic (exact) mass is 442 g/mol. The van der Waals surface area contributed by atoms with Gasteiger partial charge in [-0.2, -0.15) is 8.78 Å². The molecule has 4 aromatic rings. The van der Waals surface area contributed by atoms with Gasteiger partial charge in [-0.15, -0.1) is 0 Å². The summed E-state index contributed by atoms with van der Waals surface area (Å²) in [6.45, 7) is -2.42. The molecule has 0 fully saturated rings. The second kappa shape index (κ2) is 8.61. The molecule has 0 bridgehead atoms. The third kappa shape index (κ3) is 4.75. The number of pyridine rings is 1. The van der Waals surface area contributed by atoms with E-state index in [1.165, 1.54) is 18.2 Å². The third-order valence-corrected chi connectivity index (χ3v) is 4.80. The molecule has 0 atom stereocenters. The molecule has 158 valence electrons.